The Balaban J connectivity index is 3.28. The lowest BCUT2D eigenvalue weighted by atomic mass is 10.3. The molecule has 0 aliphatic rings. The highest BCUT2D eigenvalue weighted by molar-refractivity contribution is 5.79. The van der Waals surface area contributed by atoms with Gasteiger partial charge in [-0.3, -0.25) is 4.79 Å². The molecule has 0 atom stereocenters. The maximum Gasteiger partial charge on any atom is 0.234 e. The summed E-state index contributed by atoms with van der Waals surface area (Å²) in [4.78, 5) is 11.2. The largest absolute Gasteiger partial charge is 0.409 e. The number of nitrogens with one attached hydrogen (secondary N) is 2. The molecule has 7 nitrogen and oxygen atoms in total. The van der Waals surface area contributed by atoms with E-state index in [0.29, 0.717) is 26.1 Å². The number of carbonyl (C=O) groups is 1. The third-order valence-electron chi connectivity index (χ3n) is 1.83. The van der Waals surface area contributed by atoms with Crippen molar-refractivity contribution < 1.29 is 14.7 Å². The van der Waals surface area contributed by atoms with Crippen LogP contribution in [0.3, 0.4) is 0 Å². The third-order valence-corrected chi connectivity index (χ3v) is 1.83. The second-order valence-corrected chi connectivity index (χ2v) is 3.21. The molecule has 0 fully saturated rings. The molecule has 1 amide bonds. The van der Waals surface area contributed by atoms with Crippen LogP contribution in [0.25, 0.3) is 0 Å². The van der Waals surface area contributed by atoms with Gasteiger partial charge in [0.25, 0.3) is 0 Å². The van der Waals surface area contributed by atoms with Crippen LogP contribution in [0.2, 0.25) is 0 Å². The molecular formula is C9H20N4O3. The first-order valence-corrected chi connectivity index (χ1v) is 5.13. The molecule has 0 rings (SSSR count). The number of amides is 1. The number of ether oxygens (including phenoxy) is 1. The first-order chi connectivity index (χ1) is 7.70. The van der Waals surface area contributed by atoms with E-state index in [4.69, 9.17) is 15.7 Å². The third kappa shape index (κ3) is 9.22. The number of methoxy groups -OCH3 is 1. The molecule has 0 radical (unpaired) electrons. The van der Waals surface area contributed by atoms with Gasteiger partial charge in [0, 0.05) is 20.1 Å². The first kappa shape index (κ1) is 14.7. The van der Waals surface area contributed by atoms with E-state index in [2.05, 4.69) is 15.8 Å². The Morgan fingerprint density at radius 1 is 1.50 bits per heavy atom. The Hall–Kier alpha value is -1.34. The van der Waals surface area contributed by atoms with Gasteiger partial charge in [-0.15, -0.1) is 0 Å². The second kappa shape index (κ2) is 10.2. The van der Waals surface area contributed by atoms with Crippen LogP contribution in [0.15, 0.2) is 5.16 Å². The van der Waals surface area contributed by atoms with Crippen molar-refractivity contribution in [2.75, 3.05) is 33.4 Å². The molecule has 16 heavy (non-hydrogen) atoms. The molecular weight excluding hydrogens is 212 g/mol. The van der Waals surface area contributed by atoms with Gasteiger partial charge in [-0.25, -0.2) is 0 Å². The molecule has 0 aromatic rings. The summed E-state index contributed by atoms with van der Waals surface area (Å²) < 4.78 is 4.79. The summed E-state index contributed by atoms with van der Waals surface area (Å²) in [6.07, 6.45) is 1.23. The molecule has 0 bridgehead atoms. The molecule has 0 spiro atoms. The fourth-order valence-electron chi connectivity index (χ4n) is 1.00. The maximum absolute atomic E-state index is 11.2. The van der Waals surface area contributed by atoms with Crippen molar-refractivity contribution in [2.45, 2.75) is 12.8 Å². The van der Waals surface area contributed by atoms with Gasteiger partial charge in [0.1, 0.15) is 5.84 Å². The summed E-state index contributed by atoms with van der Waals surface area (Å²) in [5, 5.41) is 16.7. The second-order valence-electron chi connectivity index (χ2n) is 3.21. The van der Waals surface area contributed by atoms with Crippen molar-refractivity contribution in [3.05, 3.63) is 0 Å². The Morgan fingerprint density at radius 2 is 2.25 bits per heavy atom. The van der Waals surface area contributed by atoms with Gasteiger partial charge in [0.15, 0.2) is 0 Å². The predicted molar refractivity (Wildman–Crippen MR) is 60.4 cm³/mol. The van der Waals surface area contributed by atoms with Crippen LogP contribution in [-0.4, -0.2) is 50.3 Å². The highest BCUT2D eigenvalue weighted by Crippen LogP contribution is 1.85. The van der Waals surface area contributed by atoms with Crippen LogP contribution in [-0.2, 0) is 9.53 Å². The number of nitrogens with two attached hydrogens (primary N) is 1. The summed E-state index contributed by atoms with van der Waals surface area (Å²) in [6.45, 7) is 1.93. The number of hydrogen-bond donors (Lipinski definition) is 4. The highest BCUT2D eigenvalue weighted by atomic mass is 16.5. The van der Waals surface area contributed by atoms with Gasteiger partial charge in [0.2, 0.25) is 5.91 Å². The molecule has 0 saturated carbocycles. The van der Waals surface area contributed by atoms with Gasteiger partial charge in [0.05, 0.1) is 13.2 Å². The van der Waals surface area contributed by atoms with Crippen molar-refractivity contribution in [3.8, 4) is 0 Å². The molecule has 7 heteroatoms. The predicted octanol–water partition coefficient (Wildman–Crippen LogP) is -1.13. The molecule has 5 N–H and O–H groups in total. The van der Waals surface area contributed by atoms with E-state index in [1.807, 2.05) is 0 Å². The van der Waals surface area contributed by atoms with Crippen molar-refractivity contribution in [2.24, 2.45) is 10.9 Å². The molecule has 0 aromatic heterocycles. The summed E-state index contributed by atoms with van der Waals surface area (Å²) in [5.74, 6) is 0.132. The molecule has 0 aliphatic carbocycles. The summed E-state index contributed by atoms with van der Waals surface area (Å²) in [6, 6.07) is 0. The van der Waals surface area contributed by atoms with Crippen LogP contribution < -0.4 is 16.4 Å². The number of oxime groups is 1. The van der Waals surface area contributed by atoms with E-state index >= 15 is 0 Å². The number of carbonyl (C=O) groups excluding carboxylic acids is 1. The van der Waals surface area contributed by atoms with Crippen LogP contribution in [0.1, 0.15) is 12.8 Å². The van der Waals surface area contributed by atoms with Crippen LogP contribution in [0.5, 0.6) is 0 Å². The summed E-state index contributed by atoms with van der Waals surface area (Å²) in [7, 11) is 1.58. The molecule has 0 saturated heterocycles. The lowest BCUT2D eigenvalue weighted by Gasteiger charge is -2.05. The average Bonchev–Trinajstić information content (AvgIpc) is 2.28. The Kier molecular flexibility index (Phi) is 9.33. The highest BCUT2D eigenvalue weighted by Gasteiger charge is 1.99. The van der Waals surface area contributed by atoms with E-state index in [-0.39, 0.29) is 18.3 Å². The van der Waals surface area contributed by atoms with E-state index in [1.165, 1.54) is 0 Å². The van der Waals surface area contributed by atoms with Gasteiger partial charge in [-0.05, 0) is 13.0 Å². The van der Waals surface area contributed by atoms with Gasteiger partial charge in [-0.1, -0.05) is 5.16 Å². The van der Waals surface area contributed by atoms with Crippen molar-refractivity contribution in [1.29, 1.82) is 0 Å². The van der Waals surface area contributed by atoms with Gasteiger partial charge >= 0.3 is 0 Å². The van der Waals surface area contributed by atoms with E-state index < -0.39 is 0 Å². The van der Waals surface area contributed by atoms with Crippen molar-refractivity contribution >= 4 is 11.7 Å². The Labute approximate surface area is 95.0 Å². The van der Waals surface area contributed by atoms with E-state index in [9.17, 15) is 4.79 Å². The van der Waals surface area contributed by atoms with Gasteiger partial charge < -0.3 is 26.3 Å². The molecule has 0 aliphatic heterocycles. The van der Waals surface area contributed by atoms with Crippen LogP contribution in [0, 0.1) is 0 Å². The minimum Gasteiger partial charge on any atom is -0.409 e. The number of nitrogens with zero attached hydrogens (tertiary/aromatic N) is 1. The molecule has 0 heterocycles. The van der Waals surface area contributed by atoms with E-state index in [1.54, 1.807) is 7.11 Å². The Morgan fingerprint density at radius 3 is 2.88 bits per heavy atom. The normalized spacial score (nSPS) is 11.4. The lowest BCUT2D eigenvalue weighted by molar-refractivity contribution is -0.120. The zero-order valence-electron chi connectivity index (χ0n) is 9.53. The number of amidine groups is 1. The van der Waals surface area contributed by atoms with E-state index in [0.717, 1.165) is 6.42 Å². The summed E-state index contributed by atoms with van der Waals surface area (Å²) >= 11 is 0. The SMILES string of the molecule is COCCNC(=O)CNCCCC(N)=NO. The molecule has 0 aromatic carbocycles. The zero-order valence-corrected chi connectivity index (χ0v) is 9.53. The van der Waals surface area contributed by atoms with Crippen molar-refractivity contribution in [3.63, 3.8) is 0 Å². The number of rotatable bonds is 9. The molecule has 94 valence electrons. The topological polar surface area (TPSA) is 109 Å². The fraction of sp³-hybridized carbons (Fsp3) is 0.778. The standard InChI is InChI=1S/C9H20N4O3/c1-16-6-5-12-9(14)7-11-4-2-3-8(10)13-15/h11,15H,2-7H2,1H3,(H2,10,13)(H,12,14). The Bertz CT molecular complexity index is 221. The van der Waals surface area contributed by atoms with Crippen LogP contribution in [0.4, 0.5) is 0 Å². The first-order valence-electron chi connectivity index (χ1n) is 5.13. The quantitative estimate of drug-likeness (QED) is 0.132. The monoisotopic (exact) mass is 232 g/mol. The van der Waals surface area contributed by atoms with Gasteiger partial charge in [-0.2, -0.15) is 0 Å². The fourth-order valence-corrected chi connectivity index (χ4v) is 1.00. The zero-order chi connectivity index (χ0) is 12.2. The minimum atomic E-state index is -0.0687. The molecule has 0 unspecified atom stereocenters. The summed E-state index contributed by atoms with van der Waals surface area (Å²) in [5.41, 5.74) is 5.28. The lowest BCUT2D eigenvalue weighted by Crippen LogP contribution is -2.36. The van der Waals surface area contributed by atoms with Crippen molar-refractivity contribution in [1.82, 2.24) is 10.6 Å². The smallest absolute Gasteiger partial charge is 0.234 e. The maximum atomic E-state index is 11.2. The average molecular weight is 232 g/mol. The minimum absolute atomic E-state index is 0.0687. The van der Waals surface area contributed by atoms with Crippen LogP contribution >= 0.6 is 0 Å². The number of hydrogen-bond acceptors (Lipinski definition) is 5.